The first-order valence-electron chi connectivity index (χ1n) is 14.5. The second kappa shape index (κ2) is 13.5. The molecule has 4 heterocycles. The van der Waals surface area contributed by atoms with Crippen molar-refractivity contribution in [3.8, 4) is 5.75 Å². The summed E-state index contributed by atoms with van der Waals surface area (Å²) in [5.74, 6) is 0.391. The van der Waals surface area contributed by atoms with E-state index >= 15 is 0 Å². The minimum atomic E-state index is -4.38. The third-order valence-electron chi connectivity index (χ3n) is 8.22. The fraction of sp³-hybridized carbons (Fsp3) is 0.621. The van der Waals surface area contributed by atoms with E-state index < -0.39 is 17.8 Å². The molecule has 1 amide bonds. The van der Waals surface area contributed by atoms with Crippen LogP contribution in [-0.2, 0) is 15.7 Å². The SMILES string of the molecule is COc1c(NC[C@H]2CCC[C@@H](c3ccc(C(F)(F)F)cc3)O2)ncnc1C(=O)N1CCC(N[C@@H]2CCOC[C@@H]2O)CC1. The number of carbonyl (C=O) groups is 1. The smallest absolute Gasteiger partial charge is 0.416 e. The Morgan fingerprint density at radius 1 is 1.12 bits per heavy atom. The van der Waals surface area contributed by atoms with Crippen LogP contribution in [0.1, 0.15) is 66.2 Å². The van der Waals surface area contributed by atoms with Crippen LogP contribution in [0.25, 0.3) is 0 Å². The van der Waals surface area contributed by atoms with Crippen LogP contribution in [0.3, 0.4) is 0 Å². The van der Waals surface area contributed by atoms with Gasteiger partial charge in [0.05, 0.1) is 37.6 Å². The third-order valence-corrected chi connectivity index (χ3v) is 8.22. The monoisotopic (exact) mass is 593 g/mol. The standard InChI is InChI=1S/C29H38F3N5O5/c1-40-26-25(28(39)37-12-9-20(10-13-37)36-22-11-14-41-16-23(22)38)34-17-35-27(26)33-15-21-3-2-4-24(42-21)18-5-7-19(8-6-18)29(30,31)32/h5-8,17,20-24,36,38H,2-4,9-16H2,1H3,(H,33,34,35)/t21-,22-,23+,24+/m1/s1. The number of nitrogens with one attached hydrogen (secondary N) is 2. The summed E-state index contributed by atoms with van der Waals surface area (Å²) in [7, 11) is 1.47. The molecular formula is C29H38F3N5O5. The number of anilines is 1. The number of amides is 1. The Bertz CT molecular complexity index is 1190. The molecule has 0 bridgehead atoms. The van der Waals surface area contributed by atoms with E-state index in [-0.39, 0.29) is 41.6 Å². The molecule has 3 fully saturated rings. The molecule has 4 atom stereocenters. The van der Waals surface area contributed by atoms with Gasteiger partial charge in [0.2, 0.25) is 0 Å². The minimum Gasteiger partial charge on any atom is -0.491 e. The summed E-state index contributed by atoms with van der Waals surface area (Å²) in [6.45, 7) is 2.45. The molecule has 10 nitrogen and oxygen atoms in total. The number of aliphatic hydroxyl groups is 1. The van der Waals surface area contributed by atoms with E-state index in [4.69, 9.17) is 14.2 Å². The fourth-order valence-electron chi connectivity index (χ4n) is 5.86. The van der Waals surface area contributed by atoms with Crippen molar-refractivity contribution in [1.82, 2.24) is 20.2 Å². The van der Waals surface area contributed by atoms with E-state index in [1.807, 2.05) is 0 Å². The van der Waals surface area contributed by atoms with Crippen LogP contribution in [0.2, 0.25) is 0 Å². The summed E-state index contributed by atoms with van der Waals surface area (Å²) >= 11 is 0. The van der Waals surface area contributed by atoms with Crippen molar-refractivity contribution in [2.75, 3.05) is 45.3 Å². The van der Waals surface area contributed by atoms with Gasteiger partial charge in [-0.05, 0) is 56.2 Å². The Morgan fingerprint density at radius 2 is 1.88 bits per heavy atom. The summed E-state index contributed by atoms with van der Waals surface area (Å²) in [4.78, 5) is 23.7. The maximum Gasteiger partial charge on any atom is 0.416 e. The number of hydrogen-bond donors (Lipinski definition) is 3. The molecule has 5 rings (SSSR count). The van der Waals surface area contributed by atoms with E-state index in [1.54, 1.807) is 4.90 Å². The molecule has 3 saturated heterocycles. The number of aliphatic hydroxyl groups excluding tert-OH is 1. The maximum absolute atomic E-state index is 13.4. The van der Waals surface area contributed by atoms with Gasteiger partial charge in [-0.25, -0.2) is 9.97 Å². The number of piperidine rings is 1. The van der Waals surface area contributed by atoms with Gasteiger partial charge in [0.25, 0.3) is 5.91 Å². The van der Waals surface area contributed by atoms with Crippen molar-refractivity contribution < 1.29 is 37.3 Å². The number of nitrogens with zero attached hydrogens (tertiary/aromatic N) is 3. The second-order valence-corrected chi connectivity index (χ2v) is 11.1. The van der Waals surface area contributed by atoms with Crippen LogP contribution in [0.5, 0.6) is 5.75 Å². The molecule has 3 N–H and O–H groups in total. The number of carbonyl (C=O) groups excluding carboxylic acids is 1. The predicted molar refractivity (Wildman–Crippen MR) is 147 cm³/mol. The predicted octanol–water partition coefficient (Wildman–Crippen LogP) is 3.57. The van der Waals surface area contributed by atoms with Gasteiger partial charge in [-0.15, -0.1) is 0 Å². The van der Waals surface area contributed by atoms with E-state index in [2.05, 4.69) is 20.6 Å². The summed E-state index contributed by atoms with van der Waals surface area (Å²) in [6.07, 6.45) is 0.553. The third kappa shape index (κ3) is 7.31. The van der Waals surface area contributed by atoms with Crippen molar-refractivity contribution in [3.05, 3.63) is 47.4 Å². The first kappa shape index (κ1) is 30.5. The number of aromatic nitrogens is 2. The molecule has 13 heteroatoms. The Balaban J connectivity index is 1.16. The molecule has 0 aliphatic carbocycles. The lowest BCUT2D eigenvalue weighted by atomic mass is 9.97. The van der Waals surface area contributed by atoms with E-state index in [0.717, 1.165) is 50.7 Å². The topological polar surface area (TPSA) is 118 Å². The summed E-state index contributed by atoms with van der Waals surface area (Å²) in [5.41, 5.74) is 0.203. The maximum atomic E-state index is 13.4. The van der Waals surface area contributed by atoms with Crippen molar-refractivity contribution in [2.24, 2.45) is 0 Å². The average molecular weight is 594 g/mol. The van der Waals surface area contributed by atoms with Crippen LogP contribution in [-0.4, -0.2) is 90.1 Å². The number of halogens is 3. The summed E-state index contributed by atoms with van der Waals surface area (Å²) < 4.78 is 55.9. The molecule has 42 heavy (non-hydrogen) atoms. The highest BCUT2D eigenvalue weighted by atomic mass is 19.4. The average Bonchev–Trinajstić information content (AvgIpc) is 3.00. The number of likely N-dealkylation sites (tertiary alicyclic amines) is 1. The van der Waals surface area contributed by atoms with Gasteiger partial charge < -0.3 is 34.9 Å². The zero-order valence-corrected chi connectivity index (χ0v) is 23.6. The Hall–Kier alpha value is -3.00. The molecule has 3 aliphatic rings. The van der Waals surface area contributed by atoms with E-state index in [1.165, 1.54) is 25.6 Å². The Labute approximate surface area is 242 Å². The highest BCUT2D eigenvalue weighted by Gasteiger charge is 2.33. The molecule has 3 aliphatic heterocycles. The minimum absolute atomic E-state index is 0.0000451. The highest BCUT2D eigenvalue weighted by Crippen LogP contribution is 2.35. The zero-order chi connectivity index (χ0) is 29.7. The number of alkyl halides is 3. The number of rotatable bonds is 8. The van der Waals surface area contributed by atoms with Gasteiger partial charge in [0.15, 0.2) is 17.3 Å². The van der Waals surface area contributed by atoms with Crippen molar-refractivity contribution in [1.29, 1.82) is 0 Å². The Morgan fingerprint density at radius 3 is 2.57 bits per heavy atom. The van der Waals surface area contributed by atoms with Gasteiger partial charge in [0, 0.05) is 38.3 Å². The second-order valence-electron chi connectivity index (χ2n) is 11.1. The van der Waals surface area contributed by atoms with Crippen molar-refractivity contribution >= 4 is 11.7 Å². The van der Waals surface area contributed by atoms with Crippen LogP contribution < -0.4 is 15.4 Å². The first-order chi connectivity index (χ1) is 20.2. The summed E-state index contributed by atoms with van der Waals surface area (Å²) in [5, 5.41) is 16.9. The normalized spacial score (nSPS) is 25.7. The highest BCUT2D eigenvalue weighted by molar-refractivity contribution is 5.96. The number of benzene rings is 1. The molecule has 0 saturated carbocycles. The largest absolute Gasteiger partial charge is 0.491 e. The summed E-state index contributed by atoms with van der Waals surface area (Å²) in [6, 6.07) is 5.32. The van der Waals surface area contributed by atoms with Gasteiger partial charge >= 0.3 is 6.18 Å². The molecule has 1 aromatic carbocycles. The fourth-order valence-corrected chi connectivity index (χ4v) is 5.86. The lowest BCUT2D eigenvalue weighted by molar-refractivity contribution is -0.137. The number of methoxy groups -OCH3 is 1. The lowest BCUT2D eigenvalue weighted by Crippen LogP contribution is -2.53. The van der Waals surface area contributed by atoms with E-state index in [9.17, 15) is 23.1 Å². The van der Waals surface area contributed by atoms with Gasteiger partial charge in [-0.2, -0.15) is 13.2 Å². The first-order valence-corrected chi connectivity index (χ1v) is 14.5. The molecule has 1 aromatic heterocycles. The van der Waals surface area contributed by atoms with E-state index in [0.29, 0.717) is 44.2 Å². The van der Waals surface area contributed by atoms with Crippen LogP contribution in [0.15, 0.2) is 30.6 Å². The van der Waals surface area contributed by atoms with Crippen molar-refractivity contribution in [2.45, 2.75) is 75.1 Å². The van der Waals surface area contributed by atoms with Gasteiger partial charge in [-0.3, -0.25) is 4.79 Å². The van der Waals surface area contributed by atoms with Gasteiger partial charge in [0.1, 0.15) is 6.33 Å². The number of ether oxygens (including phenoxy) is 3. The van der Waals surface area contributed by atoms with Gasteiger partial charge in [-0.1, -0.05) is 12.1 Å². The van der Waals surface area contributed by atoms with Crippen LogP contribution >= 0.6 is 0 Å². The molecule has 0 spiro atoms. The molecular weight excluding hydrogens is 555 g/mol. The molecule has 0 radical (unpaired) electrons. The number of hydrogen-bond acceptors (Lipinski definition) is 9. The molecule has 0 unspecified atom stereocenters. The lowest BCUT2D eigenvalue weighted by Gasteiger charge is -2.37. The van der Waals surface area contributed by atoms with Crippen molar-refractivity contribution in [3.63, 3.8) is 0 Å². The molecule has 2 aromatic rings. The Kier molecular flexibility index (Phi) is 9.81. The zero-order valence-electron chi connectivity index (χ0n) is 23.6. The van der Waals surface area contributed by atoms with Crippen LogP contribution in [0, 0.1) is 0 Å². The quantitative estimate of drug-likeness (QED) is 0.422. The molecule has 230 valence electrons. The van der Waals surface area contributed by atoms with Crippen LogP contribution in [0.4, 0.5) is 19.0 Å².